The van der Waals surface area contributed by atoms with Gasteiger partial charge in [0, 0.05) is 31.2 Å². The Kier molecular flexibility index (Phi) is 2.50. The van der Waals surface area contributed by atoms with E-state index >= 15 is 0 Å². The summed E-state index contributed by atoms with van der Waals surface area (Å²) >= 11 is 0. The molecule has 1 aromatic carbocycles. The molecule has 0 atom stereocenters. The fraction of sp³-hybridized carbons (Fsp3) is 0.286. The number of aromatic amines is 1. The molecule has 0 amide bonds. The van der Waals surface area contributed by atoms with Crippen LogP contribution in [0.5, 0.6) is 0 Å². The van der Waals surface area contributed by atoms with Gasteiger partial charge in [-0.3, -0.25) is 4.90 Å². The number of hydrogen-bond donors (Lipinski definition) is 2. The van der Waals surface area contributed by atoms with Crippen LogP contribution in [0, 0.1) is 0 Å². The summed E-state index contributed by atoms with van der Waals surface area (Å²) in [4.78, 5) is 14.7. The van der Waals surface area contributed by atoms with Crippen molar-refractivity contribution in [1.82, 2.24) is 24.4 Å². The van der Waals surface area contributed by atoms with Gasteiger partial charge in [-0.15, -0.1) is 0 Å². The molecule has 20 heavy (non-hydrogen) atoms. The van der Waals surface area contributed by atoms with E-state index in [-0.39, 0.29) is 0 Å². The minimum atomic E-state index is 0.757. The van der Waals surface area contributed by atoms with E-state index in [1.165, 1.54) is 0 Å². The molecule has 3 aromatic rings. The molecule has 0 unspecified atom stereocenters. The highest BCUT2D eigenvalue weighted by atomic mass is 15.2. The number of rotatable bonds is 2. The summed E-state index contributed by atoms with van der Waals surface area (Å²) in [6.45, 7) is 3.68. The molecular formula is C14H16N6. The van der Waals surface area contributed by atoms with Crippen LogP contribution in [0.4, 0.5) is 5.69 Å². The zero-order valence-electron chi connectivity index (χ0n) is 11.1. The lowest BCUT2D eigenvalue weighted by Crippen LogP contribution is -2.33. The number of fused-ring (bicyclic) bond motifs is 2. The fourth-order valence-electron chi connectivity index (χ4n) is 2.73. The third-order valence-electron chi connectivity index (χ3n) is 3.75. The van der Waals surface area contributed by atoms with Crippen LogP contribution in [0.25, 0.3) is 11.0 Å². The van der Waals surface area contributed by atoms with Crippen LogP contribution in [0.15, 0.2) is 30.6 Å². The van der Waals surface area contributed by atoms with Crippen molar-refractivity contribution in [2.75, 3.05) is 12.3 Å². The molecule has 3 N–H and O–H groups in total. The molecular weight excluding hydrogens is 252 g/mol. The van der Waals surface area contributed by atoms with Crippen LogP contribution >= 0.6 is 0 Å². The van der Waals surface area contributed by atoms with Gasteiger partial charge in [-0.25, -0.2) is 9.97 Å². The van der Waals surface area contributed by atoms with Gasteiger partial charge in [-0.2, -0.15) is 0 Å². The third kappa shape index (κ3) is 1.94. The van der Waals surface area contributed by atoms with Crippen molar-refractivity contribution < 1.29 is 0 Å². The second-order valence-corrected chi connectivity index (χ2v) is 5.21. The molecule has 0 radical (unpaired) electrons. The minimum absolute atomic E-state index is 0.757. The van der Waals surface area contributed by atoms with Gasteiger partial charge in [-0.1, -0.05) is 0 Å². The number of H-pyrrole nitrogens is 1. The van der Waals surface area contributed by atoms with E-state index in [2.05, 4.69) is 24.4 Å². The molecule has 3 heterocycles. The van der Waals surface area contributed by atoms with Gasteiger partial charge in [0.2, 0.25) is 0 Å². The summed E-state index contributed by atoms with van der Waals surface area (Å²) in [5, 5.41) is 0. The maximum atomic E-state index is 5.79. The van der Waals surface area contributed by atoms with Gasteiger partial charge in [0.15, 0.2) is 0 Å². The number of benzene rings is 1. The van der Waals surface area contributed by atoms with E-state index in [0.717, 1.165) is 54.5 Å². The van der Waals surface area contributed by atoms with Gasteiger partial charge in [0.25, 0.3) is 0 Å². The molecule has 4 rings (SSSR count). The van der Waals surface area contributed by atoms with E-state index in [1.807, 2.05) is 30.6 Å². The smallest absolute Gasteiger partial charge is 0.122 e. The quantitative estimate of drug-likeness (QED) is 0.688. The van der Waals surface area contributed by atoms with Gasteiger partial charge in [0.05, 0.1) is 24.1 Å². The molecule has 0 fully saturated rings. The number of nitrogen functional groups attached to an aromatic ring is 1. The summed E-state index contributed by atoms with van der Waals surface area (Å²) < 4.78 is 2.20. The number of aromatic nitrogens is 4. The first kappa shape index (κ1) is 11.5. The van der Waals surface area contributed by atoms with E-state index in [0.29, 0.717) is 0 Å². The average molecular weight is 268 g/mol. The molecule has 0 bridgehead atoms. The van der Waals surface area contributed by atoms with Gasteiger partial charge in [-0.05, 0) is 18.2 Å². The SMILES string of the molecule is Nc1ccc2nc(CN3CCn4ccnc4C3)[nH]c2c1. The predicted octanol–water partition coefficient (Wildman–Crippen LogP) is 1.36. The molecule has 1 aliphatic heterocycles. The summed E-state index contributed by atoms with van der Waals surface area (Å²) in [6.07, 6.45) is 3.90. The topological polar surface area (TPSA) is 75.8 Å². The van der Waals surface area contributed by atoms with Crippen molar-refractivity contribution in [3.63, 3.8) is 0 Å². The number of nitrogens with zero attached hydrogens (tertiary/aromatic N) is 4. The maximum absolute atomic E-state index is 5.79. The molecule has 0 saturated heterocycles. The molecule has 6 heteroatoms. The maximum Gasteiger partial charge on any atom is 0.122 e. The van der Waals surface area contributed by atoms with Crippen LogP contribution in [-0.2, 0) is 19.6 Å². The second kappa shape index (κ2) is 4.35. The highest BCUT2D eigenvalue weighted by molar-refractivity contribution is 5.78. The Labute approximate surface area is 116 Å². The zero-order chi connectivity index (χ0) is 13.5. The molecule has 2 aromatic heterocycles. The van der Waals surface area contributed by atoms with Crippen LogP contribution in [0.3, 0.4) is 0 Å². The largest absolute Gasteiger partial charge is 0.399 e. The number of nitrogens with one attached hydrogen (secondary N) is 1. The predicted molar refractivity (Wildman–Crippen MR) is 76.8 cm³/mol. The van der Waals surface area contributed by atoms with E-state index in [1.54, 1.807) is 0 Å². The Hall–Kier alpha value is -2.34. The van der Waals surface area contributed by atoms with Gasteiger partial charge >= 0.3 is 0 Å². The Bertz CT molecular complexity index is 756. The van der Waals surface area contributed by atoms with Crippen molar-refractivity contribution >= 4 is 16.7 Å². The minimum Gasteiger partial charge on any atom is -0.399 e. The van der Waals surface area contributed by atoms with Gasteiger partial charge < -0.3 is 15.3 Å². The van der Waals surface area contributed by atoms with Crippen LogP contribution in [0.2, 0.25) is 0 Å². The lowest BCUT2D eigenvalue weighted by Gasteiger charge is -2.26. The lowest BCUT2D eigenvalue weighted by molar-refractivity contribution is 0.205. The molecule has 0 saturated carbocycles. The third-order valence-corrected chi connectivity index (χ3v) is 3.75. The number of nitrogens with two attached hydrogens (primary N) is 1. The van der Waals surface area contributed by atoms with Crippen molar-refractivity contribution in [3.05, 3.63) is 42.2 Å². The summed E-state index contributed by atoms with van der Waals surface area (Å²) in [5.41, 5.74) is 8.51. The number of anilines is 1. The van der Waals surface area contributed by atoms with Crippen molar-refractivity contribution in [3.8, 4) is 0 Å². The Morgan fingerprint density at radius 2 is 2.25 bits per heavy atom. The number of imidazole rings is 2. The molecule has 0 spiro atoms. The molecule has 102 valence electrons. The van der Waals surface area contributed by atoms with Crippen LogP contribution < -0.4 is 5.73 Å². The zero-order valence-corrected chi connectivity index (χ0v) is 11.1. The van der Waals surface area contributed by atoms with Crippen LogP contribution in [-0.4, -0.2) is 31.0 Å². The first-order chi connectivity index (χ1) is 9.78. The van der Waals surface area contributed by atoms with E-state index < -0.39 is 0 Å². The Balaban J connectivity index is 1.56. The Morgan fingerprint density at radius 3 is 3.20 bits per heavy atom. The van der Waals surface area contributed by atoms with Crippen molar-refractivity contribution in [2.45, 2.75) is 19.6 Å². The van der Waals surface area contributed by atoms with Crippen molar-refractivity contribution in [2.24, 2.45) is 0 Å². The first-order valence-corrected chi connectivity index (χ1v) is 6.74. The second-order valence-electron chi connectivity index (χ2n) is 5.21. The summed E-state index contributed by atoms with van der Waals surface area (Å²) in [5.74, 6) is 2.10. The summed E-state index contributed by atoms with van der Waals surface area (Å²) in [6, 6.07) is 5.76. The molecule has 0 aliphatic carbocycles. The Morgan fingerprint density at radius 1 is 1.30 bits per heavy atom. The van der Waals surface area contributed by atoms with Crippen LogP contribution in [0.1, 0.15) is 11.6 Å². The monoisotopic (exact) mass is 268 g/mol. The fourth-order valence-corrected chi connectivity index (χ4v) is 2.73. The molecule has 6 nitrogen and oxygen atoms in total. The lowest BCUT2D eigenvalue weighted by atomic mass is 10.3. The highest BCUT2D eigenvalue weighted by Crippen LogP contribution is 2.17. The van der Waals surface area contributed by atoms with Crippen molar-refractivity contribution in [1.29, 1.82) is 0 Å². The highest BCUT2D eigenvalue weighted by Gasteiger charge is 2.17. The molecule has 1 aliphatic rings. The summed E-state index contributed by atoms with van der Waals surface area (Å²) in [7, 11) is 0. The normalized spacial score (nSPS) is 15.6. The standard InChI is InChI=1S/C14H16N6/c15-10-1-2-11-12(7-10)18-13(17-11)8-19-5-6-20-4-3-16-14(20)9-19/h1-4,7H,5-6,8-9,15H2,(H,17,18). The van der Waals surface area contributed by atoms with E-state index in [9.17, 15) is 0 Å². The van der Waals surface area contributed by atoms with Gasteiger partial charge in [0.1, 0.15) is 11.6 Å². The number of hydrogen-bond acceptors (Lipinski definition) is 4. The average Bonchev–Trinajstić information content (AvgIpc) is 3.03. The first-order valence-electron chi connectivity index (χ1n) is 6.74. The van der Waals surface area contributed by atoms with E-state index in [4.69, 9.17) is 5.73 Å².